The largest absolute Gasteiger partial charge is 0.377 e. The van der Waals surface area contributed by atoms with Crippen molar-refractivity contribution in [2.75, 3.05) is 13.2 Å². The van der Waals surface area contributed by atoms with Gasteiger partial charge in [-0.1, -0.05) is 18.2 Å². The number of halogens is 1. The fourth-order valence-corrected chi connectivity index (χ4v) is 2.39. The molecule has 1 aliphatic heterocycles. The summed E-state index contributed by atoms with van der Waals surface area (Å²) in [6.07, 6.45) is 2.86. The molecule has 2 rings (SSSR count). The Morgan fingerprint density at radius 2 is 2.27 bits per heavy atom. The number of rotatable bonds is 4. The second-order valence-electron chi connectivity index (χ2n) is 3.86. The van der Waals surface area contributed by atoms with Gasteiger partial charge in [-0.25, -0.2) is 0 Å². The van der Waals surface area contributed by atoms with Crippen LogP contribution in [0.1, 0.15) is 18.4 Å². The standard InChI is InChI=1S/C12H16INO/c13-12-6-2-1-4-10(12)8-14-9-11-5-3-7-15-11/h1-2,4,6,11,14H,3,5,7-9H2. The fraction of sp³-hybridized carbons (Fsp3) is 0.500. The number of nitrogens with one attached hydrogen (secondary N) is 1. The first kappa shape index (κ1) is 11.4. The zero-order chi connectivity index (χ0) is 10.5. The molecule has 0 aliphatic carbocycles. The summed E-state index contributed by atoms with van der Waals surface area (Å²) in [5.41, 5.74) is 1.37. The van der Waals surface area contributed by atoms with E-state index >= 15 is 0 Å². The fourth-order valence-electron chi connectivity index (χ4n) is 1.81. The second kappa shape index (κ2) is 5.82. The maximum atomic E-state index is 5.56. The van der Waals surface area contributed by atoms with Crippen molar-refractivity contribution >= 4 is 22.6 Å². The molecule has 1 aromatic rings. The van der Waals surface area contributed by atoms with E-state index in [0.29, 0.717) is 6.10 Å². The van der Waals surface area contributed by atoms with Crippen LogP contribution in [0.2, 0.25) is 0 Å². The summed E-state index contributed by atoms with van der Waals surface area (Å²) in [7, 11) is 0. The van der Waals surface area contributed by atoms with Crippen molar-refractivity contribution in [1.82, 2.24) is 5.32 Å². The van der Waals surface area contributed by atoms with Crippen LogP contribution < -0.4 is 5.32 Å². The van der Waals surface area contributed by atoms with E-state index in [2.05, 4.69) is 52.2 Å². The Kier molecular flexibility index (Phi) is 4.41. The highest BCUT2D eigenvalue weighted by Crippen LogP contribution is 2.13. The van der Waals surface area contributed by atoms with Gasteiger partial charge in [0.1, 0.15) is 0 Å². The second-order valence-corrected chi connectivity index (χ2v) is 5.02. The van der Waals surface area contributed by atoms with Crippen molar-refractivity contribution in [1.29, 1.82) is 0 Å². The molecular formula is C12H16INO. The molecule has 0 saturated carbocycles. The molecule has 0 amide bonds. The van der Waals surface area contributed by atoms with Gasteiger partial charge in [-0.05, 0) is 47.1 Å². The van der Waals surface area contributed by atoms with Crippen molar-refractivity contribution < 1.29 is 4.74 Å². The molecule has 2 nitrogen and oxygen atoms in total. The smallest absolute Gasteiger partial charge is 0.0700 e. The van der Waals surface area contributed by atoms with Gasteiger partial charge in [-0.2, -0.15) is 0 Å². The third kappa shape index (κ3) is 3.43. The number of benzene rings is 1. The average molecular weight is 317 g/mol. The normalized spacial score (nSPS) is 20.7. The van der Waals surface area contributed by atoms with Crippen LogP contribution in [0.3, 0.4) is 0 Å². The molecule has 3 heteroatoms. The van der Waals surface area contributed by atoms with E-state index in [-0.39, 0.29) is 0 Å². The van der Waals surface area contributed by atoms with Gasteiger partial charge < -0.3 is 10.1 Å². The van der Waals surface area contributed by atoms with Crippen LogP contribution in [-0.2, 0) is 11.3 Å². The van der Waals surface area contributed by atoms with E-state index in [1.807, 2.05) is 0 Å². The number of hydrogen-bond acceptors (Lipinski definition) is 2. The summed E-state index contributed by atoms with van der Waals surface area (Å²) in [6.45, 7) is 2.86. The zero-order valence-electron chi connectivity index (χ0n) is 8.71. The van der Waals surface area contributed by atoms with E-state index in [0.717, 1.165) is 19.7 Å². The Bertz CT molecular complexity index is 310. The Morgan fingerprint density at radius 1 is 1.40 bits per heavy atom. The minimum absolute atomic E-state index is 0.436. The lowest BCUT2D eigenvalue weighted by Crippen LogP contribution is -2.26. The van der Waals surface area contributed by atoms with Crippen molar-refractivity contribution in [3.8, 4) is 0 Å². The van der Waals surface area contributed by atoms with Gasteiger partial charge in [-0.3, -0.25) is 0 Å². The van der Waals surface area contributed by atoms with Crippen LogP contribution >= 0.6 is 22.6 Å². The summed E-state index contributed by atoms with van der Waals surface area (Å²) >= 11 is 2.38. The van der Waals surface area contributed by atoms with Gasteiger partial charge in [0, 0.05) is 23.3 Å². The molecule has 0 aromatic heterocycles. The number of hydrogen-bond donors (Lipinski definition) is 1. The topological polar surface area (TPSA) is 21.3 Å². The van der Waals surface area contributed by atoms with Gasteiger partial charge in [0.05, 0.1) is 6.10 Å². The molecule has 1 saturated heterocycles. The molecule has 0 radical (unpaired) electrons. The first-order chi connectivity index (χ1) is 7.36. The lowest BCUT2D eigenvalue weighted by atomic mass is 10.2. The summed E-state index contributed by atoms with van der Waals surface area (Å²) in [6, 6.07) is 8.48. The van der Waals surface area contributed by atoms with E-state index < -0.39 is 0 Å². The summed E-state index contributed by atoms with van der Waals surface area (Å²) in [4.78, 5) is 0. The van der Waals surface area contributed by atoms with Crippen molar-refractivity contribution in [2.45, 2.75) is 25.5 Å². The van der Waals surface area contributed by atoms with Gasteiger partial charge in [0.2, 0.25) is 0 Å². The molecule has 1 unspecified atom stereocenters. The SMILES string of the molecule is Ic1ccccc1CNCC1CCCO1. The molecule has 82 valence electrons. The van der Waals surface area contributed by atoms with Crippen LogP contribution in [0, 0.1) is 3.57 Å². The first-order valence-electron chi connectivity index (χ1n) is 5.42. The zero-order valence-corrected chi connectivity index (χ0v) is 10.9. The Labute approximate surface area is 105 Å². The van der Waals surface area contributed by atoms with Crippen molar-refractivity contribution in [3.05, 3.63) is 33.4 Å². The van der Waals surface area contributed by atoms with Gasteiger partial charge in [0.15, 0.2) is 0 Å². The average Bonchev–Trinajstić information content (AvgIpc) is 2.74. The Hall–Kier alpha value is -0.130. The van der Waals surface area contributed by atoms with Crippen LogP contribution in [0.4, 0.5) is 0 Å². The van der Waals surface area contributed by atoms with E-state index in [4.69, 9.17) is 4.74 Å². The molecule has 1 N–H and O–H groups in total. The quantitative estimate of drug-likeness (QED) is 0.862. The maximum absolute atomic E-state index is 5.56. The van der Waals surface area contributed by atoms with Gasteiger partial charge in [-0.15, -0.1) is 0 Å². The molecular weight excluding hydrogens is 301 g/mol. The van der Waals surface area contributed by atoms with Crippen LogP contribution in [0.15, 0.2) is 24.3 Å². The van der Waals surface area contributed by atoms with Crippen LogP contribution in [0.25, 0.3) is 0 Å². The maximum Gasteiger partial charge on any atom is 0.0700 e. The summed E-state index contributed by atoms with van der Waals surface area (Å²) in [5, 5.41) is 3.45. The van der Waals surface area contributed by atoms with Crippen LogP contribution in [-0.4, -0.2) is 19.3 Å². The van der Waals surface area contributed by atoms with E-state index in [1.54, 1.807) is 0 Å². The predicted molar refractivity (Wildman–Crippen MR) is 69.8 cm³/mol. The minimum atomic E-state index is 0.436. The third-order valence-electron chi connectivity index (χ3n) is 2.67. The summed E-state index contributed by atoms with van der Waals surface area (Å²) < 4.78 is 6.89. The molecule has 1 aliphatic rings. The lowest BCUT2D eigenvalue weighted by Gasteiger charge is -2.11. The van der Waals surface area contributed by atoms with E-state index in [1.165, 1.54) is 22.0 Å². The van der Waals surface area contributed by atoms with Gasteiger partial charge >= 0.3 is 0 Å². The predicted octanol–water partition coefficient (Wildman–Crippen LogP) is 2.56. The summed E-state index contributed by atoms with van der Waals surface area (Å²) in [5.74, 6) is 0. The molecule has 15 heavy (non-hydrogen) atoms. The van der Waals surface area contributed by atoms with Crippen LogP contribution in [0.5, 0.6) is 0 Å². The highest BCUT2D eigenvalue weighted by Gasteiger charge is 2.14. The monoisotopic (exact) mass is 317 g/mol. The first-order valence-corrected chi connectivity index (χ1v) is 6.50. The Balaban J connectivity index is 1.75. The molecule has 0 spiro atoms. The molecule has 1 fully saturated rings. The van der Waals surface area contributed by atoms with Gasteiger partial charge in [0.25, 0.3) is 0 Å². The molecule has 1 atom stereocenters. The van der Waals surface area contributed by atoms with E-state index in [9.17, 15) is 0 Å². The third-order valence-corrected chi connectivity index (χ3v) is 3.72. The lowest BCUT2D eigenvalue weighted by molar-refractivity contribution is 0.110. The number of ether oxygens (including phenoxy) is 1. The Morgan fingerprint density at radius 3 is 3.00 bits per heavy atom. The molecule has 1 heterocycles. The minimum Gasteiger partial charge on any atom is -0.377 e. The molecule has 0 bridgehead atoms. The van der Waals surface area contributed by atoms with Crippen molar-refractivity contribution in [3.63, 3.8) is 0 Å². The molecule has 1 aromatic carbocycles. The highest BCUT2D eigenvalue weighted by molar-refractivity contribution is 14.1. The highest BCUT2D eigenvalue weighted by atomic mass is 127. The van der Waals surface area contributed by atoms with Crippen molar-refractivity contribution in [2.24, 2.45) is 0 Å².